The molecule has 538 valence electrons. The average Bonchev–Trinajstić information content (AvgIpc) is 1.49. The minimum Gasteiger partial charge on any atom is -0.289 e. The fourth-order valence-electron chi connectivity index (χ4n) is 17.7. The summed E-state index contributed by atoms with van der Waals surface area (Å²) in [7, 11) is 0. The van der Waals surface area contributed by atoms with E-state index in [2.05, 4.69) is 171 Å². The third kappa shape index (κ3) is 12.7. The first-order valence-electron chi connectivity index (χ1n) is 39.2. The minimum atomic E-state index is -0.841. The van der Waals surface area contributed by atoms with Crippen LogP contribution in [-0.4, -0.2) is 11.6 Å². The molecule has 6 nitrogen and oxygen atoms in total. The molecule has 4 aromatic heterocycles. The Morgan fingerprint density at radius 3 is 0.963 bits per heavy atom. The molecule has 0 N–H and O–H groups in total. The Kier molecular flexibility index (Phi) is 21.1. The predicted molar refractivity (Wildman–Crippen MR) is 454 cm³/mol. The molecular weight excluding hydrogens is 1390 g/mol. The SMILES string of the molecule is [C-]#[N+]C(C#N)=C1/C(=C/c2cc3sc4c(c3s2)C(c2ccc(CCCCCC)cc2)(c2ccc(CCCCCC)cc2)c2cc3c(cc2-4)C(c2ccc(CCCCCC)cc2)(c2ccc(CCCCCC)cc2)c2c-3sc3cc(/C=C4\C(=O)c5cc(C)c(C)cc5\C4=C(\C#N)[N+]#[C-])sc23)C(=O)c2cc(C)c(C)cc21. The Labute approximate surface area is 653 Å². The van der Waals surface area contributed by atoms with Crippen LogP contribution in [0, 0.1) is 63.5 Å². The van der Waals surface area contributed by atoms with Crippen LogP contribution in [0.2, 0.25) is 0 Å². The third-order valence-corrected chi connectivity index (χ3v) is 28.4. The van der Waals surface area contributed by atoms with Gasteiger partial charge in [0.2, 0.25) is 0 Å². The normalized spacial score (nSPS) is 15.8. The molecule has 108 heavy (non-hydrogen) atoms. The molecule has 0 bridgehead atoms. The number of aryl methyl sites for hydroxylation is 8. The molecule has 15 rings (SSSR count). The van der Waals surface area contributed by atoms with Crippen molar-refractivity contribution in [3.63, 3.8) is 0 Å². The number of carbonyl (C=O) groups is 2. The number of hydrogen-bond acceptors (Lipinski definition) is 8. The summed E-state index contributed by atoms with van der Waals surface area (Å²) in [5.74, 6) is -0.348. The molecule has 0 atom stereocenters. The number of rotatable bonds is 26. The monoisotopic (exact) mass is 1480 g/mol. The molecule has 4 heterocycles. The van der Waals surface area contributed by atoms with Gasteiger partial charge in [0.25, 0.3) is 11.4 Å². The van der Waals surface area contributed by atoms with Crippen molar-refractivity contribution in [1.82, 2.24) is 0 Å². The highest BCUT2D eigenvalue weighted by Crippen LogP contribution is 2.68. The molecule has 0 unspecified atom stereocenters. The molecule has 0 spiro atoms. The van der Waals surface area contributed by atoms with E-state index in [0.717, 1.165) is 102 Å². The lowest BCUT2D eigenvalue weighted by Gasteiger charge is -2.36. The fourth-order valence-corrected chi connectivity index (χ4v) is 23.2. The fraction of sp³-hybridized carbons (Fsp3) is 0.306. The van der Waals surface area contributed by atoms with Crippen molar-refractivity contribution in [2.45, 2.75) is 195 Å². The van der Waals surface area contributed by atoms with Crippen molar-refractivity contribution >= 4 is 99.0 Å². The molecule has 0 saturated carbocycles. The molecule has 11 aromatic rings. The van der Waals surface area contributed by atoms with Gasteiger partial charge in [-0.2, -0.15) is 0 Å². The van der Waals surface area contributed by atoms with E-state index >= 15 is 0 Å². The molecule has 0 radical (unpaired) electrons. The van der Waals surface area contributed by atoms with Gasteiger partial charge in [-0.1, -0.05) is 214 Å². The van der Waals surface area contributed by atoms with Crippen LogP contribution < -0.4 is 0 Å². The molecule has 10 heteroatoms. The van der Waals surface area contributed by atoms with E-state index in [0.29, 0.717) is 44.5 Å². The van der Waals surface area contributed by atoms with Crippen LogP contribution in [-0.2, 0) is 36.5 Å². The molecule has 0 saturated heterocycles. The zero-order valence-corrected chi connectivity index (χ0v) is 66.7. The summed E-state index contributed by atoms with van der Waals surface area (Å²) >= 11 is 7.06. The quantitative estimate of drug-likeness (QED) is 0.0234. The van der Waals surface area contributed by atoms with Gasteiger partial charge in [0, 0.05) is 73.5 Å². The van der Waals surface area contributed by atoms with E-state index < -0.39 is 10.8 Å². The van der Waals surface area contributed by atoms with Crippen LogP contribution in [0.15, 0.2) is 168 Å². The lowest BCUT2D eigenvalue weighted by molar-refractivity contribution is 0.103. The number of nitriles is 2. The maximum Gasteiger partial charge on any atom is 0.270 e. The van der Waals surface area contributed by atoms with Gasteiger partial charge in [0.15, 0.2) is 11.6 Å². The second kappa shape index (κ2) is 31.0. The smallest absolute Gasteiger partial charge is 0.270 e. The van der Waals surface area contributed by atoms with Gasteiger partial charge in [-0.25, -0.2) is 20.2 Å². The largest absolute Gasteiger partial charge is 0.289 e. The number of carbonyl (C=O) groups excluding carboxylic acids is 2. The second-order valence-electron chi connectivity index (χ2n) is 30.4. The summed E-state index contributed by atoms with van der Waals surface area (Å²) in [6, 6.07) is 60.4. The van der Waals surface area contributed by atoms with E-state index in [9.17, 15) is 20.1 Å². The van der Waals surface area contributed by atoms with Gasteiger partial charge in [0.05, 0.1) is 45.5 Å². The highest BCUT2D eigenvalue weighted by atomic mass is 32.1. The van der Waals surface area contributed by atoms with Gasteiger partial charge in [0.1, 0.15) is 0 Å². The summed E-state index contributed by atoms with van der Waals surface area (Å²) in [6.07, 6.45) is 26.8. The van der Waals surface area contributed by atoms with E-state index in [1.54, 1.807) is 22.7 Å². The number of hydrogen-bond donors (Lipinski definition) is 0. The second-order valence-corrected chi connectivity index (χ2v) is 34.7. The Morgan fingerprint density at radius 1 is 0.389 bits per heavy atom. The van der Waals surface area contributed by atoms with Crippen molar-refractivity contribution < 1.29 is 9.59 Å². The molecule has 0 aliphatic heterocycles. The third-order valence-electron chi connectivity index (χ3n) is 23.6. The number of ketones is 2. The van der Waals surface area contributed by atoms with Crippen LogP contribution in [0.3, 0.4) is 0 Å². The number of Topliss-reactive ketones (excluding diaryl/α,β-unsaturated/α-hetero) is 2. The molecular formula is C98H90N4O2S4. The van der Waals surface area contributed by atoms with Crippen molar-refractivity contribution in [1.29, 1.82) is 10.5 Å². The Bertz CT molecular complexity index is 5250. The van der Waals surface area contributed by atoms with Crippen molar-refractivity contribution in [3.05, 3.63) is 312 Å². The number of allylic oxidation sites excluding steroid dienone is 6. The summed E-state index contributed by atoms with van der Waals surface area (Å²) < 4.78 is 4.52. The molecule has 0 amide bonds. The highest BCUT2D eigenvalue weighted by Gasteiger charge is 2.55. The predicted octanol–water partition coefficient (Wildman–Crippen LogP) is 27.6. The lowest BCUT2D eigenvalue weighted by atomic mass is 9.65. The summed E-state index contributed by atoms with van der Waals surface area (Å²) in [6.45, 7) is 33.6. The van der Waals surface area contributed by atoms with Gasteiger partial charge in [-0.05, 0) is 228 Å². The first-order chi connectivity index (χ1) is 52.7. The molecule has 4 aliphatic rings. The van der Waals surface area contributed by atoms with E-state index in [4.69, 9.17) is 13.1 Å². The van der Waals surface area contributed by atoms with Gasteiger partial charge in [-0.15, -0.1) is 45.3 Å². The minimum absolute atomic E-state index is 0.0867. The zero-order chi connectivity index (χ0) is 75.1. The first-order valence-corrected chi connectivity index (χ1v) is 42.5. The van der Waals surface area contributed by atoms with E-state index in [1.165, 1.54) is 165 Å². The first kappa shape index (κ1) is 73.6. The summed E-state index contributed by atoms with van der Waals surface area (Å²) in [4.78, 5) is 41.6. The lowest BCUT2D eigenvalue weighted by Crippen LogP contribution is -2.30. The van der Waals surface area contributed by atoms with Crippen LogP contribution >= 0.6 is 45.3 Å². The number of thiophene rings is 4. The molecule has 4 aliphatic carbocycles. The van der Waals surface area contributed by atoms with E-state index in [-0.39, 0.29) is 23.0 Å². The maximum absolute atomic E-state index is 14.9. The highest BCUT2D eigenvalue weighted by molar-refractivity contribution is 7.31. The van der Waals surface area contributed by atoms with Crippen LogP contribution in [0.5, 0.6) is 0 Å². The van der Waals surface area contributed by atoms with Gasteiger partial charge >= 0.3 is 0 Å². The van der Waals surface area contributed by atoms with Crippen LogP contribution in [0.1, 0.15) is 261 Å². The van der Waals surface area contributed by atoms with Crippen LogP contribution in [0.4, 0.5) is 0 Å². The average molecular weight is 1480 g/mol. The maximum atomic E-state index is 14.9. The Morgan fingerprint density at radius 2 is 0.685 bits per heavy atom. The number of benzene rings is 7. The number of unbranched alkanes of at least 4 members (excludes halogenated alkanes) is 12. The summed E-state index contributed by atoms with van der Waals surface area (Å²) in [5.41, 5.74) is 23.4. The van der Waals surface area contributed by atoms with Crippen molar-refractivity contribution in [2.75, 3.05) is 0 Å². The number of fused-ring (bicyclic) bond motifs is 12. The van der Waals surface area contributed by atoms with E-state index in [1.807, 2.05) is 86.8 Å². The van der Waals surface area contributed by atoms with Gasteiger partial charge in [-0.3, -0.25) is 9.59 Å². The van der Waals surface area contributed by atoms with Gasteiger partial charge < -0.3 is 0 Å². The summed E-state index contributed by atoms with van der Waals surface area (Å²) in [5, 5.41) is 21.2. The van der Waals surface area contributed by atoms with Crippen molar-refractivity contribution in [2.24, 2.45) is 0 Å². The topological polar surface area (TPSA) is 90.4 Å². The Hall–Kier alpha value is -9.88. The number of nitrogens with zero attached hydrogens (tertiary/aromatic N) is 4. The van der Waals surface area contributed by atoms with Crippen molar-refractivity contribution in [3.8, 4) is 33.0 Å². The Balaban J connectivity index is 1.01. The van der Waals surface area contributed by atoms with Crippen LogP contribution in [0.25, 0.3) is 72.7 Å². The molecule has 7 aromatic carbocycles. The standard InChI is InChI=1S/C98H90N4O2S4/c1-11-15-19-23-27-63-31-39-67(40-32-63)97(68-41-33-64(34-42-68)28-24-20-16-12-2)81-55-78-82(56-77(81)93-89(97)95-85(107-93)53-71(105-95)51-79-87(83(57-99)101-9)73-47-59(5)61(7)49-75(73)91(79)103)98(69-43-35-65(36-44-69)29-25-21-17-13-3,70-45-37-66(38-46-70)30-26-22-18-14-4)90-94(78)108-86-54-72(106-96(86)90)52-80-88(84(58-100)102-10)74-48-60(6)62(8)50-76(74)92(80)104/h31-56H,11-30H2,1-8H3/b79-51-,80-52-,87-83+,88-84?. The zero-order valence-electron chi connectivity index (χ0n) is 63.4. The molecule has 0 fully saturated rings.